The Labute approximate surface area is 164 Å². The number of sulfonamides is 1. The number of carbonyl (C=O) groups excluding carboxylic acids is 1. The number of piperazine rings is 1. The van der Waals surface area contributed by atoms with Gasteiger partial charge in [0.1, 0.15) is 10.6 Å². The first-order valence-corrected chi connectivity index (χ1v) is 10.5. The fourth-order valence-corrected chi connectivity index (χ4v) is 4.87. The van der Waals surface area contributed by atoms with E-state index >= 15 is 0 Å². The van der Waals surface area contributed by atoms with E-state index in [1.165, 1.54) is 10.4 Å². The van der Waals surface area contributed by atoms with Gasteiger partial charge in [-0.15, -0.1) is 0 Å². The van der Waals surface area contributed by atoms with E-state index in [9.17, 15) is 13.2 Å². The molecule has 27 heavy (non-hydrogen) atoms. The van der Waals surface area contributed by atoms with Gasteiger partial charge in [-0.05, 0) is 31.2 Å². The zero-order chi connectivity index (χ0) is 19.4. The quantitative estimate of drug-likeness (QED) is 0.762. The normalized spacial score (nSPS) is 16.7. The van der Waals surface area contributed by atoms with Crippen LogP contribution in [0.4, 0.5) is 0 Å². The summed E-state index contributed by atoms with van der Waals surface area (Å²) < 4.78 is 32.6. The Morgan fingerprint density at radius 1 is 1.00 bits per heavy atom. The van der Waals surface area contributed by atoms with Crippen LogP contribution in [0, 0.1) is 0 Å². The summed E-state index contributed by atoms with van der Waals surface area (Å²) in [7, 11) is -3.68. The van der Waals surface area contributed by atoms with E-state index in [-0.39, 0.29) is 28.9 Å². The maximum atomic E-state index is 12.8. The Bertz CT molecular complexity index is 897. The topological polar surface area (TPSA) is 66.9 Å². The lowest BCUT2D eigenvalue weighted by molar-refractivity contribution is -0.139. The van der Waals surface area contributed by atoms with Gasteiger partial charge in [0.05, 0.1) is 5.02 Å². The largest absolute Gasteiger partial charge is 0.481 e. The van der Waals surface area contributed by atoms with E-state index in [2.05, 4.69) is 0 Å². The van der Waals surface area contributed by atoms with Crippen LogP contribution in [0.1, 0.15) is 6.92 Å². The molecule has 0 aromatic heterocycles. The molecule has 2 aromatic rings. The Kier molecular flexibility index (Phi) is 6.04. The van der Waals surface area contributed by atoms with Crippen LogP contribution in [0.5, 0.6) is 5.75 Å². The molecule has 1 amide bonds. The summed E-state index contributed by atoms with van der Waals surface area (Å²) in [5.74, 6) is 0.465. The van der Waals surface area contributed by atoms with Gasteiger partial charge in [-0.2, -0.15) is 4.31 Å². The van der Waals surface area contributed by atoms with Gasteiger partial charge in [0, 0.05) is 26.2 Å². The van der Waals surface area contributed by atoms with Gasteiger partial charge < -0.3 is 9.64 Å². The number of nitrogens with zero attached hydrogens (tertiary/aromatic N) is 2. The molecule has 1 atom stereocenters. The highest BCUT2D eigenvalue weighted by molar-refractivity contribution is 7.89. The zero-order valence-electron chi connectivity index (χ0n) is 14.9. The van der Waals surface area contributed by atoms with Crippen LogP contribution in [-0.4, -0.2) is 55.8 Å². The highest BCUT2D eigenvalue weighted by Crippen LogP contribution is 2.25. The number of ether oxygens (including phenoxy) is 1. The SMILES string of the molecule is C[C@@H](Oc1ccccc1)C(=O)N1CCN(S(=O)(=O)c2ccccc2Cl)CC1. The molecule has 0 spiro atoms. The maximum absolute atomic E-state index is 12.8. The first-order valence-electron chi connectivity index (χ1n) is 8.65. The lowest BCUT2D eigenvalue weighted by atomic mass is 10.3. The van der Waals surface area contributed by atoms with Gasteiger partial charge in [-0.3, -0.25) is 4.79 Å². The van der Waals surface area contributed by atoms with Crippen molar-refractivity contribution in [2.45, 2.75) is 17.9 Å². The molecule has 6 nitrogen and oxygen atoms in total. The fourth-order valence-electron chi connectivity index (χ4n) is 2.95. The molecule has 0 saturated carbocycles. The standard InChI is InChI=1S/C19H21ClN2O4S/c1-15(26-16-7-3-2-4-8-16)19(23)21-11-13-22(14-12-21)27(24,25)18-10-6-5-9-17(18)20/h2-10,15H,11-14H2,1H3/t15-/m1/s1. The molecule has 144 valence electrons. The van der Waals surface area contributed by atoms with Crippen LogP contribution in [-0.2, 0) is 14.8 Å². The summed E-state index contributed by atoms with van der Waals surface area (Å²) in [6.45, 7) is 2.76. The highest BCUT2D eigenvalue weighted by atomic mass is 35.5. The van der Waals surface area contributed by atoms with Gasteiger partial charge in [0.25, 0.3) is 5.91 Å². The number of para-hydroxylation sites is 1. The Hall–Kier alpha value is -2.09. The average molecular weight is 409 g/mol. The van der Waals surface area contributed by atoms with E-state index < -0.39 is 16.1 Å². The van der Waals surface area contributed by atoms with Crippen molar-refractivity contribution < 1.29 is 17.9 Å². The predicted octanol–water partition coefficient (Wildman–Crippen LogP) is 2.64. The monoisotopic (exact) mass is 408 g/mol. The molecule has 0 radical (unpaired) electrons. The van der Waals surface area contributed by atoms with Crippen molar-refractivity contribution in [3.05, 3.63) is 59.6 Å². The minimum atomic E-state index is -3.68. The van der Waals surface area contributed by atoms with Crippen LogP contribution in [0.25, 0.3) is 0 Å². The van der Waals surface area contributed by atoms with Crippen molar-refractivity contribution in [2.75, 3.05) is 26.2 Å². The second kappa shape index (κ2) is 8.29. The minimum absolute atomic E-state index is 0.0900. The molecule has 1 aliphatic heterocycles. The van der Waals surface area contributed by atoms with Crippen molar-refractivity contribution >= 4 is 27.5 Å². The maximum Gasteiger partial charge on any atom is 0.263 e. The van der Waals surface area contributed by atoms with E-state index in [0.717, 1.165) is 0 Å². The fraction of sp³-hybridized carbons (Fsp3) is 0.316. The summed E-state index contributed by atoms with van der Waals surface area (Å²) in [5.41, 5.74) is 0. The molecular weight excluding hydrogens is 388 g/mol. The van der Waals surface area contributed by atoms with Crippen LogP contribution in [0.3, 0.4) is 0 Å². The molecule has 8 heteroatoms. The molecule has 2 aromatic carbocycles. The van der Waals surface area contributed by atoms with Crippen molar-refractivity contribution in [3.8, 4) is 5.75 Å². The van der Waals surface area contributed by atoms with Crippen molar-refractivity contribution in [3.63, 3.8) is 0 Å². The van der Waals surface area contributed by atoms with Crippen LogP contribution < -0.4 is 4.74 Å². The third-order valence-electron chi connectivity index (χ3n) is 4.41. The summed E-state index contributed by atoms with van der Waals surface area (Å²) >= 11 is 6.04. The van der Waals surface area contributed by atoms with E-state index in [4.69, 9.17) is 16.3 Å². The summed E-state index contributed by atoms with van der Waals surface area (Å²) in [5, 5.41) is 0.195. The van der Waals surface area contributed by atoms with Crippen molar-refractivity contribution in [1.82, 2.24) is 9.21 Å². The summed E-state index contributed by atoms with van der Waals surface area (Å²) in [6.07, 6.45) is -0.640. The number of carbonyl (C=O) groups is 1. The molecular formula is C19H21ClN2O4S. The van der Waals surface area contributed by atoms with Gasteiger partial charge in [-0.1, -0.05) is 41.9 Å². The van der Waals surface area contributed by atoms with Gasteiger partial charge >= 0.3 is 0 Å². The molecule has 0 bridgehead atoms. The number of hydrogen-bond donors (Lipinski definition) is 0. The molecule has 0 aliphatic carbocycles. The molecule has 0 unspecified atom stereocenters. The van der Waals surface area contributed by atoms with Crippen LogP contribution >= 0.6 is 11.6 Å². The predicted molar refractivity (Wildman–Crippen MR) is 103 cm³/mol. The lowest BCUT2D eigenvalue weighted by Gasteiger charge is -2.35. The molecule has 0 N–H and O–H groups in total. The van der Waals surface area contributed by atoms with Crippen molar-refractivity contribution in [2.24, 2.45) is 0 Å². The first kappa shape index (κ1) is 19.7. The number of rotatable bonds is 5. The molecule has 1 heterocycles. The minimum Gasteiger partial charge on any atom is -0.481 e. The smallest absolute Gasteiger partial charge is 0.263 e. The Balaban J connectivity index is 1.61. The highest BCUT2D eigenvalue weighted by Gasteiger charge is 2.32. The first-order chi connectivity index (χ1) is 12.9. The number of amides is 1. The lowest BCUT2D eigenvalue weighted by Crippen LogP contribution is -2.53. The third kappa shape index (κ3) is 4.43. The zero-order valence-corrected chi connectivity index (χ0v) is 16.5. The van der Waals surface area contributed by atoms with Crippen LogP contribution in [0.15, 0.2) is 59.5 Å². The van der Waals surface area contributed by atoms with E-state index in [1.807, 2.05) is 18.2 Å². The third-order valence-corrected chi connectivity index (χ3v) is 6.81. The Morgan fingerprint density at radius 3 is 2.22 bits per heavy atom. The second-order valence-electron chi connectivity index (χ2n) is 6.23. The average Bonchev–Trinajstić information content (AvgIpc) is 2.68. The van der Waals surface area contributed by atoms with Crippen LogP contribution in [0.2, 0.25) is 5.02 Å². The second-order valence-corrected chi connectivity index (χ2v) is 8.55. The van der Waals surface area contributed by atoms with Gasteiger partial charge in [0.2, 0.25) is 10.0 Å². The molecule has 3 rings (SSSR count). The number of hydrogen-bond acceptors (Lipinski definition) is 4. The van der Waals surface area contributed by atoms with Crippen molar-refractivity contribution in [1.29, 1.82) is 0 Å². The summed E-state index contributed by atoms with van der Waals surface area (Å²) in [6, 6.07) is 15.5. The van der Waals surface area contributed by atoms with Gasteiger partial charge in [-0.25, -0.2) is 8.42 Å². The number of benzene rings is 2. The van der Waals surface area contributed by atoms with E-state index in [0.29, 0.717) is 18.8 Å². The number of halogens is 1. The molecule has 1 aliphatic rings. The Morgan fingerprint density at radius 2 is 1.59 bits per heavy atom. The molecule has 1 saturated heterocycles. The molecule has 1 fully saturated rings. The van der Waals surface area contributed by atoms with E-state index in [1.54, 1.807) is 42.2 Å². The van der Waals surface area contributed by atoms with Gasteiger partial charge in [0.15, 0.2) is 6.10 Å². The summed E-state index contributed by atoms with van der Waals surface area (Å²) in [4.78, 5) is 14.3.